The SMILES string of the molecule is CCCC#Cc1ccc2c(c1)[C@H]1[C@H](CCN1C(=O)C1CCCC1)[C@H](CO)N2. The van der Waals surface area contributed by atoms with Crippen molar-refractivity contribution in [1.82, 2.24) is 4.90 Å². The van der Waals surface area contributed by atoms with Crippen molar-refractivity contribution < 1.29 is 9.90 Å². The van der Waals surface area contributed by atoms with Crippen LogP contribution in [-0.4, -0.2) is 35.1 Å². The zero-order valence-corrected chi connectivity index (χ0v) is 16.2. The summed E-state index contributed by atoms with van der Waals surface area (Å²) in [5, 5.41) is 13.4. The fraction of sp³-hybridized carbons (Fsp3) is 0.609. The summed E-state index contributed by atoms with van der Waals surface area (Å²) in [6, 6.07) is 6.36. The Morgan fingerprint density at radius 3 is 2.85 bits per heavy atom. The maximum Gasteiger partial charge on any atom is 0.226 e. The monoisotopic (exact) mass is 366 g/mol. The van der Waals surface area contributed by atoms with Gasteiger partial charge in [-0.25, -0.2) is 0 Å². The highest BCUT2D eigenvalue weighted by atomic mass is 16.3. The first-order valence-corrected chi connectivity index (χ1v) is 10.5. The van der Waals surface area contributed by atoms with Crippen molar-refractivity contribution in [2.45, 2.75) is 64.0 Å². The van der Waals surface area contributed by atoms with E-state index < -0.39 is 0 Å². The van der Waals surface area contributed by atoms with E-state index in [9.17, 15) is 9.90 Å². The van der Waals surface area contributed by atoms with E-state index in [0.717, 1.165) is 49.9 Å². The zero-order valence-electron chi connectivity index (χ0n) is 16.2. The lowest BCUT2D eigenvalue weighted by molar-refractivity contribution is -0.136. The normalized spacial score (nSPS) is 26.7. The highest BCUT2D eigenvalue weighted by molar-refractivity contribution is 5.80. The van der Waals surface area contributed by atoms with Gasteiger partial charge in [0.25, 0.3) is 0 Å². The smallest absolute Gasteiger partial charge is 0.226 e. The van der Waals surface area contributed by atoms with Gasteiger partial charge in [0.05, 0.1) is 18.7 Å². The molecule has 1 aromatic rings. The number of carbonyl (C=O) groups excluding carboxylic acids is 1. The van der Waals surface area contributed by atoms with Crippen molar-refractivity contribution in [2.75, 3.05) is 18.5 Å². The minimum Gasteiger partial charge on any atom is -0.394 e. The molecule has 4 rings (SSSR count). The molecule has 27 heavy (non-hydrogen) atoms. The number of fused-ring (bicyclic) bond motifs is 3. The summed E-state index contributed by atoms with van der Waals surface area (Å²) < 4.78 is 0. The standard InChI is InChI=1S/C23H30N2O2/c1-2-3-4-7-16-10-11-20-19(14-16)22-18(21(15-26)24-20)12-13-25(22)23(27)17-8-5-6-9-17/h10-11,14,17-18,21-22,24,26H,2-3,5-6,8-9,12-13,15H2,1H3/t18-,21+,22-/m1/s1. The number of nitrogens with one attached hydrogen (secondary N) is 1. The van der Waals surface area contributed by atoms with Crippen LogP contribution in [0.1, 0.15) is 69.0 Å². The first-order chi connectivity index (χ1) is 13.2. The van der Waals surface area contributed by atoms with Crippen LogP contribution in [0.2, 0.25) is 0 Å². The van der Waals surface area contributed by atoms with Gasteiger partial charge in [0.15, 0.2) is 0 Å². The van der Waals surface area contributed by atoms with E-state index in [-0.39, 0.29) is 30.5 Å². The van der Waals surface area contributed by atoms with Crippen molar-refractivity contribution in [1.29, 1.82) is 0 Å². The second kappa shape index (κ2) is 7.94. The lowest BCUT2D eigenvalue weighted by atomic mass is 9.82. The molecule has 3 aliphatic rings. The second-order valence-electron chi connectivity index (χ2n) is 8.20. The number of likely N-dealkylation sites (tertiary alicyclic amines) is 1. The summed E-state index contributed by atoms with van der Waals surface area (Å²) >= 11 is 0. The molecule has 2 N–H and O–H groups in total. The zero-order chi connectivity index (χ0) is 18.8. The van der Waals surface area contributed by atoms with E-state index in [1.165, 1.54) is 18.4 Å². The predicted octanol–water partition coefficient (Wildman–Crippen LogP) is 3.70. The number of rotatable bonds is 3. The van der Waals surface area contributed by atoms with Gasteiger partial charge in [0, 0.05) is 36.1 Å². The minimum atomic E-state index is 0.0147. The molecule has 0 radical (unpaired) electrons. The lowest BCUT2D eigenvalue weighted by Crippen LogP contribution is -2.44. The fourth-order valence-corrected chi connectivity index (χ4v) is 5.08. The molecule has 1 aliphatic carbocycles. The largest absolute Gasteiger partial charge is 0.394 e. The summed E-state index contributed by atoms with van der Waals surface area (Å²) in [6.07, 6.45) is 7.33. The summed E-state index contributed by atoms with van der Waals surface area (Å²) in [6.45, 7) is 3.04. The Morgan fingerprint density at radius 2 is 2.11 bits per heavy atom. The predicted molar refractivity (Wildman–Crippen MR) is 107 cm³/mol. The Balaban J connectivity index is 1.68. The van der Waals surface area contributed by atoms with Crippen LogP contribution in [0.3, 0.4) is 0 Å². The van der Waals surface area contributed by atoms with Crippen LogP contribution < -0.4 is 5.32 Å². The minimum absolute atomic E-state index is 0.0147. The van der Waals surface area contributed by atoms with E-state index in [1.807, 2.05) is 6.07 Å². The van der Waals surface area contributed by atoms with Crippen molar-refractivity contribution in [2.24, 2.45) is 11.8 Å². The van der Waals surface area contributed by atoms with E-state index in [2.05, 4.69) is 41.1 Å². The molecule has 1 saturated heterocycles. The van der Waals surface area contributed by atoms with Gasteiger partial charge in [-0.1, -0.05) is 31.6 Å². The van der Waals surface area contributed by atoms with Crippen LogP contribution in [0, 0.1) is 23.7 Å². The van der Waals surface area contributed by atoms with Gasteiger partial charge in [-0.2, -0.15) is 0 Å². The van der Waals surface area contributed by atoms with Crippen LogP contribution in [0.5, 0.6) is 0 Å². The molecule has 1 aromatic carbocycles. The van der Waals surface area contributed by atoms with E-state index in [1.54, 1.807) is 0 Å². The number of unbranched alkanes of at least 4 members (excludes halogenated alkanes) is 1. The van der Waals surface area contributed by atoms with Gasteiger partial charge in [-0.05, 0) is 49.4 Å². The molecule has 4 nitrogen and oxygen atoms in total. The van der Waals surface area contributed by atoms with Gasteiger partial charge >= 0.3 is 0 Å². The quantitative estimate of drug-likeness (QED) is 0.802. The third kappa shape index (κ3) is 3.46. The topological polar surface area (TPSA) is 52.6 Å². The fourth-order valence-electron chi connectivity index (χ4n) is 5.08. The Hall–Kier alpha value is -1.99. The molecule has 144 valence electrons. The van der Waals surface area contributed by atoms with Crippen molar-refractivity contribution in [3.63, 3.8) is 0 Å². The highest BCUT2D eigenvalue weighted by Gasteiger charge is 2.46. The molecule has 0 bridgehead atoms. The molecule has 1 amide bonds. The van der Waals surface area contributed by atoms with Crippen molar-refractivity contribution >= 4 is 11.6 Å². The Kier molecular flexibility index (Phi) is 5.41. The molecule has 2 heterocycles. The number of anilines is 1. The molecule has 3 atom stereocenters. The number of hydrogen-bond donors (Lipinski definition) is 2. The van der Waals surface area contributed by atoms with Crippen LogP contribution in [-0.2, 0) is 4.79 Å². The molecular weight excluding hydrogens is 336 g/mol. The first kappa shape index (κ1) is 18.4. The number of amides is 1. The van der Waals surface area contributed by atoms with Crippen LogP contribution in [0.4, 0.5) is 5.69 Å². The summed E-state index contributed by atoms with van der Waals surface area (Å²) in [4.78, 5) is 15.3. The Bertz CT molecular complexity index is 757. The van der Waals surface area contributed by atoms with Gasteiger partial charge in [0.1, 0.15) is 0 Å². The third-order valence-electron chi connectivity index (χ3n) is 6.46. The first-order valence-electron chi connectivity index (χ1n) is 10.5. The average Bonchev–Trinajstić information content (AvgIpc) is 3.37. The number of nitrogens with zero attached hydrogens (tertiary/aromatic N) is 1. The van der Waals surface area contributed by atoms with Gasteiger partial charge in [0.2, 0.25) is 5.91 Å². The Morgan fingerprint density at radius 1 is 1.30 bits per heavy atom. The lowest BCUT2D eigenvalue weighted by Gasteiger charge is -2.39. The molecule has 0 aromatic heterocycles. The molecule has 0 spiro atoms. The number of benzene rings is 1. The maximum absolute atomic E-state index is 13.2. The third-order valence-corrected chi connectivity index (χ3v) is 6.46. The van der Waals surface area contributed by atoms with Crippen molar-refractivity contribution in [3.8, 4) is 11.8 Å². The highest BCUT2D eigenvalue weighted by Crippen LogP contribution is 2.47. The molecule has 2 aliphatic heterocycles. The molecular formula is C23H30N2O2. The molecule has 0 unspecified atom stereocenters. The van der Waals surface area contributed by atoms with Crippen molar-refractivity contribution in [3.05, 3.63) is 29.3 Å². The second-order valence-corrected chi connectivity index (χ2v) is 8.20. The van der Waals surface area contributed by atoms with Crippen LogP contribution in [0.25, 0.3) is 0 Å². The average molecular weight is 367 g/mol. The van der Waals surface area contributed by atoms with E-state index in [4.69, 9.17) is 0 Å². The summed E-state index contributed by atoms with van der Waals surface area (Å²) in [7, 11) is 0. The summed E-state index contributed by atoms with van der Waals surface area (Å²) in [5.74, 6) is 7.29. The Labute approximate surface area is 162 Å². The van der Waals surface area contributed by atoms with E-state index in [0.29, 0.717) is 5.91 Å². The van der Waals surface area contributed by atoms with E-state index >= 15 is 0 Å². The number of aliphatic hydroxyl groups is 1. The molecule has 2 fully saturated rings. The number of aliphatic hydroxyl groups excluding tert-OH is 1. The van der Waals surface area contributed by atoms with Crippen LogP contribution >= 0.6 is 0 Å². The summed E-state index contributed by atoms with van der Waals surface area (Å²) in [5.41, 5.74) is 3.24. The number of hydrogen-bond acceptors (Lipinski definition) is 3. The maximum atomic E-state index is 13.2. The van der Waals surface area contributed by atoms with Crippen LogP contribution in [0.15, 0.2) is 18.2 Å². The van der Waals surface area contributed by atoms with Gasteiger partial charge < -0.3 is 15.3 Å². The molecule has 1 saturated carbocycles. The van der Waals surface area contributed by atoms with Gasteiger partial charge in [-0.15, -0.1) is 0 Å². The molecule has 4 heteroatoms. The van der Waals surface area contributed by atoms with Gasteiger partial charge in [-0.3, -0.25) is 4.79 Å². The number of carbonyl (C=O) groups is 1.